The van der Waals surface area contributed by atoms with Crippen molar-refractivity contribution in [2.75, 3.05) is 0 Å². The molecule has 76 valence electrons. The minimum absolute atomic E-state index is 0.473. The van der Waals surface area contributed by atoms with Crippen LogP contribution in [-0.2, 0) is 4.79 Å². The van der Waals surface area contributed by atoms with Crippen LogP contribution in [0.3, 0.4) is 0 Å². The largest absolute Gasteiger partial charge is 0.478 e. The maximum absolute atomic E-state index is 10.3. The Bertz CT molecular complexity index is 545. The molecule has 5 heteroatoms. The quantitative estimate of drug-likeness (QED) is 0.767. The molecule has 0 unspecified atom stereocenters. The zero-order valence-electron chi connectivity index (χ0n) is 7.57. The van der Waals surface area contributed by atoms with Gasteiger partial charge in [0.05, 0.1) is 10.5 Å². The third-order valence-corrected chi connectivity index (χ3v) is 2.17. The third kappa shape index (κ3) is 1.99. The Morgan fingerprint density at radius 3 is 3.00 bits per heavy atom. The Labute approximate surface area is 90.2 Å². The summed E-state index contributed by atoms with van der Waals surface area (Å²) in [7, 11) is 0. The van der Waals surface area contributed by atoms with Crippen LogP contribution in [-0.4, -0.2) is 21.0 Å². The van der Waals surface area contributed by atoms with E-state index in [9.17, 15) is 4.79 Å². The van der Waals surface area contributed by atoms with Gasteiger partial charge in [-0.1, -0.05) is 17.7 Å². The van der Waals surface area contributed by atoms with Gasteiger partial charge in [0.2, 0.25) is 0 Å². The Morgan fingerprint density at radius 2 is 2.33 bits per heavy atom. The van der Waals surface area contributed by atoms with Crippen LogP contribution < -0.4 is 0 Å². The number of carbonyl (C=O) groups is 1. The van der Waals surface area contributed by atoms with Gasteiger partial charge in [-0.05, 0) is 18.2 Å². The number of benzene rings is 1. The first-order valence-electron chi connectivity index (χ1n) is 4.22. The monoisotopic (exact) mass is 222 g/mol. The van der Waals surface area contributed by atoms with Crippen LogP contribution in [0.2, 0.25) is 5.02 Å². The molecule has 1 heterocycles. The van der Waals surface area contributed by atoms with Gasteiger partial charge >= 0.3 is 5.97 Å². The molecule has 1 aromatic heterocycles. The van der Waals surface area contributed by atoms with Gasteiger partial charge < -0.3 is 10.1 Å². The van der Waals surface area contributed by atoms with Crippen molar-refractivity contribution >= 4 is 34.7 Å². The number of para-hydroxylation sites is 1. The van der Waals surface area contributed by atoms with Gasteiger partial charge in [-0.15, -0.1) is 0 Å². The first kappa shape index (κ1) is 9.73. The lowest BCUT2D eigenvalue weighted by Crippen LogP contribution is -1.86. The first-order chi connectivity index (χ1) is 7.16. The summed E-state index contributed by atoms with van der Waals surface area (Å²) in [6, 6.07) is 5.36. The lowest BCUT2D eigenvalue weighted by Gasteiger charge is -1.88. The molecule has 0 saturated heterocycles. The van der Waals surface area contributed by atoms with E-state index in [1.165, 1.54) is 6.08 Å². The number of nitrogens with one attached hydrogen (secondary N) is 1. The van der Waals surface area contributed by atoms with Crippen LogP contribution in [0.4, 0.5) is 0 Å². The molecule has 0 amide bonds. The van der Waals surface area contributed by atoms with E-state index in [1.54, 1.807) is 12.1 Å². The van der Waals surface area contributed by atoms with E-state index in [4.69, 9.17) is 16.7 Å². The van der Waals surface area contributed by atoms with Crippen LogP contribution in [0.5, 0.6) is 0 Å². The molecule has 4 nitrogen and oxygen atoms in total. The van der Waals surface area contributed by atoms with E-state index in [1.807, 2.05) is 6.07 Å². The zero-order valence-corrected chi connectivity index (χ0v) is 8.32. The lowest BCUT2D eigenvalue weighted by molar-refractivity contribution is -0.131. The Morgan fingerprint density at radius 1 is 1.53 bits per heavy atom. The number of hydrogen-bond acceptors (Lipinski definition) is 2. The van der Waals surface area contributed by atoms with Gasteiger partial charge in [-0.2, -0.15) is 0 Å². The number of aromatic nitrogens is 2. The van der Waals surface area contributed by atoms with Gasteiger partial charge in [0.15, 0.2) is 0 Å². The van der Waals surface area contributed by atoms with Crippen molar-refractivity contribution in [3.63, 3.8) is 0 Å². The predicted octanol–water partition coefficient (Wildman–Crippen LogP) is 2.31. The number of rotatable bonds is 2. The van der Waals surface area contributed by atoms with Gasteiger partial charge in [0, 0.05) is 6.08 Å². The number of aromatic amines is 1. The normalized spacial score (nSPS) is 11.3. The second-order valence-electron chi connectivity index (χ2n) is 2.93. The van der Waals surface area contributed by atoms with Crippen molar-refractivity contribution in [1.82, 2.24) is 9.97 Å². The lowest BCUT2D eigenvalue weighted by atomic mass is 10.3. The van der Waals surface area contributed by atoms with E-state index >= 15 is 0 Å². The average Bonchev–Trinajstić information content (AvgIpc) is 2.59. The van der Waals surface area contributed by atoms with E-state index in [0.717, 1.165) is 11.6 Å². The van der Waals surface area contributed by atoms with Crippen LogP contribution in [0.15, 0.2) is 24.3 Å². The van der Waals surface area contributed by atoms with Crippen molar-refractivity contribution < 1.29 is 9.90 Å². The smallest absolute Gasteiger partial charge is 0.328 e. The Kier molecular flexibility index (Phi) is 2.43. The summed E-state index contributed by atoms with van der Waals surface area (Å²) in [6.45, 7) is 0. The van der Waals surface area contributed by atoms with Crippen LogP contribution in [0.25, 0.3) is 17.1 Å². The van der Waals surface area contributed by atoms with E-state index < -0.39 is 5.97 Å². The fourth-order valence-electron chi connectivity index (χ4n) is 1.25. The predicted molar refractivity (Wildman–Crippen MR) is 57.8 cm³/mol. The summed E-state index contributed by atoms with van der Waals surface area (Å²) in [4.78, 5) is 17.4. The van der Waals surface area contributed by atoms with Crippen molar-refractivity contribution in [2.45, 2.75) is 0 Å². The highest BCUT2D eigenvalue weighted by Gasteiger charge is 2.03. The Balaban J connectivity index is 2.48. The highest BCUT2D eigenvalue weighted by atomic mass is 35.5. The summed E-state index contributed by atoms with van der Waals surface area (Å²) in [6.07, 6.45) is 2.41. The molecule has 2 rings (SSSR count). The summed E-state index contributed by atoms with van der Waals surface area (Å²) in [5.74, 6) is -0.540. The molecule has 15 heavy (non-hydrogen) atoms. The molecule has 0 aliphatic heterocycles. The molecule has 0 aliphatic carbocycles. The molecule has 0 fully saturated rings. The van der Waals surface area contributed by atoms with Gasteiger partial charge in [-0.3, -0.25) is 0 Å². The molecule has 0 aliphatic rings. The summed E-state index contributed by atoms with van der Waals surface area (Å²) >= 11 is 5.91. The maximum atomic E-state index is 10.3. The number of imidazole rings is 1. The van der Waals surface area contributed by atoms with Crippen LogP contribution in [0, 0.1) is 0 Å². The van der Waals surface area contributed by atoms with Crippen LogP contribution in [0.1, 0.15) is 5.82 Å². The van der Waals surface area contributed by atoms with E-state index in [0.29, 0.717) is 16.4 Å². The van der Waals surface area contributed by atoms with Gasteiger partial charge in [0.1, 0.15) is 11.3 Å². The standard InChI is InChI=1S/C10H7ClN2O2/c11-6-2-1-3-7-10(6)13-8(12-7)4-5-9(14)15/h1-5H,(H,12,13)(H,14,15)/b5-4+. The minimum atomic E-state index is -1.01. The maximum Gasteiger partial charge on any atom is 0.328 e. The highest BCUT2D eigenvalue weighted by Crippen LogP contribution is 2.21. The number of carboxylic acids is 1. The van der Waals surface area contributed by atoms with E-state index in [2.05, 4.69) is 9.97 Å². The first-order valence-corrected chi connectivity index (χ1v) is 4.60. The molecule has 0 saturated carbocycles. The average molecular weight is 223 g/mol. The van der Waals surface area contributed by atoms with Gasteiger partial charge in [-0.25, -0.2) is 9.78 Å². The summed E-state index contributed by atoms with van der Waals surface area (Å²) < 4.78 is 0. The molecular weight excluding hydrogens is 216 g/mol. The molecule has 0 spiro atoms. The molecule has 0 atom stereocenters. The highest BCUT2D eigenvalue weighted by molar-refractivity contribution is 6.34. The number of H-pyrrole nitrogens is 1. The molecule has 2 N–H and O–H groups in total. The van der Waals surface area contributed by atoms with Crippen molar-refractivity contribution in [3.8, 4) is 0 Å². The molecule has 2 aromatic rings. The molecular formula is C10H7ClN2O2. The SMILES string of the molecule is O=C(O)/C=C/c1nc2c(Cl)cccc2[nH]1. The summed E-state index contributed by atoms with van der Waals surface area (Å²) in [5, 5.41) is 8.99. The fraction of sp³-hybridized carbons (Fsp3) is 0. The number of nitrogens with zero attached hydrogens (tertiary/aromatic N) is 1. The topological polar surface area (TPSA) is 66.0 Å². The summed E-state index contributed by atoms with van der Waals surface area (Å²) in [5.41, 5.74) is 1.43. The number of aliphatic carboxylic acids is 1. The van der Waals surface area contributed by atoms with E-state index in [-0.39, 0.29) is 0 Å². The second-order valence-corrected chi connectivity index (χ2v) is 3.34. The number of halogens is 1. The fourth-order valence-corrected chi connectivity index (χ4v) is 1.46. The number of carboxylic acid groups (broad SMARTS) is 1. The van der Waals surface area contributed by atoms with Crippen molar-refractivity contribution in [2.24, 2.45) is 0 Å². The molecule has 0 radical (unpaired) electrons. The zero-order chi connectivity index (χ0) is 10.8. The molecule has 1 aromatic carbocycles. The third-order valence-electron chi connectivity index (χ3n) is 1.87. The minimum Gasteiger partial charge on any atom is -0.478 e. The number of hydrogen-bond donors (Lipinski definition) is 2. The molecule has 0 bridgehead atoms. The second kappa shape index (κ2) is 3.74. The van der Waals surface area contributed by atoms with Crippen molar-refractivity contribution in [3.05, 3.63) is 35.1 Å². The van der Waals surface area contributed by atoms with Crippen LogP contribution >= 0.6 is 11.6 Å². The van der Waals surface area contributed by atoms with Crippen molar-refractivity contribution in [1.29, 1.82) is 0 Å². The Hall–Kier alpha value is -1.81. The number of fused-ring (bicyclic) bond motifs is 1. The van der Waals surface area contributed by atoms with Gasteiger partial charge in [0.25, 0.3) is 0 Å².